The fourth-order valence-electron chi connectivity index (χ4n) is 2.92. The molecule has 1 aliphatic heterocycles. The minimum atomic E-state index is 0.186. The van der Waals surface area contributed by atoms with Crippen molar-refractivity contribution in [2.75, 3.05) is 26.2 Å². The molecule has 1 amide bonds. The number of carbonyl (C=O) groups is 1. The van der Waals surface area contributed by atoms with Gasteiger partial charge in [0.1, 0.15) is 0 Å². The summed E-state index contributed by atoms with van der Waals surface area (Å²) >= 11 is 7.48. The Morgan fingerprint density at radius 1 is 1.13 bits per heavy atom. The molecule has 3 nitrogen and oxygen atoms in total. The van der Waals surface area contributed by atoms with E-state index >= 15 is 0 Å². The second-order valence-electron chi connectivity index (χ2n) is 5.98. The maximum atomic E-state index is 12.6. The quantitative estimate of drug-likeness (QED) is 0.835. The average Bonchev–Trinajstić information content (AvgIpc) is 2.84. The van der Waals surface area contributed by atoms with Crippen LogP contribution < -0.4 is 0 Å². The first-order valence-corrected chi connectivity index (χ1v) is 9.19. The number of hydrogen-bond donors (Lipinski definition) is 0. The van der Waals surface area contributed by atoms with Crippen molar-refractivity contribution in [3.05, 3.63) is 56.7 Å². The number of amides is 1. The molecular formula is C18H21ClN2OS. The average molecular weight is 349 g/mol. The van der Waals surface area contributed by atoms with Gasteiger partial charge in [0.05, 0.1) is 4.88 Å². The topological polar surface area (TPSA) is 23.6 Å². The first kappa shape index (κ1) is 16.5. The van der Waals surface area contributed by atoms with Crippen LogP contribution in [-0.4, -0.2) is 41.9 Å². The van der Waals surface area contributed by atoms with Crippen LogP contribution in [0.1, 0.15) is 27.2 Å². The maximum absolute atomic E-state index is 12.6. The minimum absolute atomic E-state index is 0.186. The number of aryl methyl sites for hydroxylation is 1. The second-order valence-corrected chi connectivity index (χ2v) is 7.33. The SMILES string of the molecule is Cc1ccsc1C(=O)N1CCCN(Cc2ccc(Cl)cc2)CC1. The molecule has 0 radical (unpaired) electrons. The van der Waals surface area contributed by atoms with E-state index in [1.165, 1.54) is 5.56 Å². The summed E-state index contributed by atoms with van der Waals surface area (Å²) in [7, 11) is 0. The van der Waals surface area contributed by atoms with Crippen LogP contribution in [0, 0.1) is 6.92 Å². The number of hydrogen-bond acceptors (Lipinski definition) is 3. The predicted octanol–water partition coefficient (Wildman–Crippen LogP) is 4.06. The predicted molar refractivity (Wildman–Crippen MR) is 96.3 cm³/mol. The summed E-state index contributed by atoms with van der Waals surface area (Å²) in [6.07, 6.45) is 1.02. The number of carbonyl (C=O) groups excluding carboxylic acids is 1. The van der Waals surface area contributed by atoms with Gasteiger partial charge in [-0.2, -0.15) is 0 Å². The third-order valence-corrected chi connectivity index (χ3v) is 5.51. The number of benzene rings is 1. The molecule has 1 aromatic heterocycles. The van der Waals surface area contributed by atoms with E-state index in [1.807, 2.05) is 35.4 Å². The van der Waals surface area contributed by atoms with E-state index < -0.39 is 0 Å². The molecule has 122 valence electrons. The van der Waals surface area contributed by atoms with E-state index in [0.717, 1.165) is 54.6 Å². The van der Waals surface area contributed by atoms with Crippen molar-refractivity contribution in [3.63, 3.8) is 0 Å². The van der Waals surface area contributed by atoms with Crippen molar-refractivity contribution in [3.8, 4) is 0 Å². The zero-order valence-corrected chi connectivity index (χ0v) is 14.9. The van der Waals surface area contributed by atoms with E-state index in [9.17, 15) is 4.79 Å². The fourth-order valence-corrected chi connectivity index (χ4v) is 3.93. The largest absolute Gasteiger partial charge is 0.337 e. The van der Waals surface area contributed by atoms with Gasteiger partial charge in [0.25, 0.3) is 5.91 Å². The van der Waals surface area contributed by atoms with Crippen LogP contribution in [-0.2, 0) is 6.54 Å². The van der Waals surface area contributed by atoms with Gasteiger partial charge in [0.2, 0.25) is 0 Å². The van der Waals surface area contributed by atoms with Crippen LogP contribution in [0.5, 0.6) is 0 Å². The molecule has 0 unspecified atom stereocenters. The molecular weight excluding hydrogens is 328 g/mol. The molecule has 2 aromatic rings. The Morgan fingerprint density at radius 2 is 1.91 bits per heavy atom. The van der Waals surface area contributed by atoms with E-state index in [4.69, 9.17) is 11.6 Å². The van der Waals surface area contributed by atoms with Gasteiger partial charge in [-0.1, -0.05) is 23.7 Å². The Morgan fingerprint density at radius 3 is 2.61 bits per heavy atom. The molecule has 1 saturated heterocycles. The van der Waals surface area contributed by atoms with Crippen molar-refractivity contribution >= 4 is 28.8 Å². The number of nitrogens with zero attached hydrogens (tertiary/aromatic N) is 2. The molecule has 0 bridgehead atoms. The van der Waals surface area contributed by atoms with Crippen LogP contribution >= 0.6 is 22.9 Å². The summed E-state index contributed by atoms with van der Waals surface area (Å²) in [5.74, 6) is 0.186. The zero-order valence-electron chi connectivity index (χ0n) is 13.3. The molecule has 0 aliphatic carbocycles. The Hall–Kier alpha value is -1.36. The lowest BCUT2D eigenvalue weighted by atomic mass is 10.2. The van der Waals surface area contributed by atoms with Gasteiger partial charge in [0.15, 0.2) is 0 Å². The summed E-state index contributed by atoms with van der Waals surface area (Å²) in [6.45, 7) is 6.50. The lowest BCUT2D eigenvalue weighted by Crippen LogP contribution is -2.35. The van der Waals surface area contributed by atoms with Gasteiger partial charge in [-0.25, -0.2) is 0 Å². The van der Waals surface area contributed by atoms with Crippen LogP contribution in [0.15, 0.2) is 35.7 Å². The highest BCUT2D eigenvalue weighted by Crippen LogP contribution is 2.19. The molecule has 0 saturated carbocycles. The molecule has 0 atom stereocenters. The van der Waals surface area contributed by atoms with Crippen LogP contribution in [0.3, 0.4) is 0 Å². The highest BCUT2D eigenvalue weighted by atomic mass is 35.5. The van der Waals surface area contributed by atoms with Crippen LogP contribution in [0.25, 0.3) is 0 Å². The molecule has 5 heteroatoms. The minimum Gasteiger partial charge on any atom is -0.337 e. The van der Waals surface area contributed by atoms with Crippen LogP contribution in [0.2, 0.25) is 5.02 Å². The molecule has 23 heavy (non-hydrogen) atoms. The van der Waals surface area contributed by atoms with Crippen LogP contribution in [0.4, 0.5) is 0 Å². The summed E-state index contributed by atoms with van der Waals surface area (Å²) in [4.78, 5) is 17.9. The van der Waals surface area contributed by atoms with Gasteiger partial charge < -0.3 is 4.90 Å². The van der Waals surface area contributed by atoms with Gasteiger partial charge in [-0.05, 0) is 48.1 Å². The zero-order chi connectivity index (χ0) is 16.2. The maximum Gasteiger partial charge on any atom is 0.264 e. The molecule has 1 aliphatic rings. The van der Waals surface area contributed by atoms with Crippen molar-refractivity contribution < 1.29 is 4.79 Å². The standard InChI is InChI=1S/C18H21ClN2OS/c1-14-7-12-23-17(14)18(22)21-9-2-8-20(10-11-21)13-15-3-5-16(19)6-4-15/h3-7,12H,2,8-11,13H2,1H3. The summed E-state index contributed by atoms with van der Waals surface area (Å²) in [6, 6.07) is 10.0. The Balaban J connectivity index is 1.60. The van der Waals surface area contributed by atoms with Crippen molar-refractivity contribution in [1.82, 2.24) is 9.80 Å². The van der Waals surface area contributed by atoms with Crippen molar-refractivity contribution in [2.24, 2.45) is 0 Å². The lowest BCUT2D eigenvalue weighted by molar-refractivity contribution is 0.0765. The Kier molecular flexibility index (Phi) is 5.36. The highest BCUT2D eigenvalue weighted by Gasteiger charge is 2.22. The normalized spacial score (nSPS) is 16.3. The molecule has 2 heterocycles. The third kappa shape index (κ3) is 4.14. The van der Waals surface area contributed by atoms with E-state index in [0.29, 0.717) is 0 Å². The van der Waals surface area contributed by atoms with Gasteiger partial charge in [-0.3, -0.25) is 9.69 Å². The Labute approximate surface area is 146 Å². The number of thiophene rings is 1. The van der Waals surface area contributed by atoms with Gasteiger partial charge in [-0.15, -0.1) is 11.3 Å². The fraction of sp³-hybridized carbons (Fsp3) is 0.389. The first-order valence-electron chi connectivity index (χ1n) is 7.93. The summed E-state index contributed by atoms with van der Waals surface area (Å²) in [5, 5.41) is 2.76. The number of halogens is 1. The highest BCUT2D eigenvalue weighted by molar-refractivity contribution is 7.12. The second kappa shape index (κ2) is 7.47. The monoisotopic (exact) mass is 348 g/mol. The molecule has 1 fully saturated rings. The molecule has 0 N–H and O–H groups in total. The number of rotatable bonds is 3. The van der Waals surface area contributed by atoms with Crippen molar-refractivity contribution in [1.29, 1.82) is 0 Å². The summed E-state index contributed by atoms with van der Waals surface area (Å²) < 4.78 is 0. The van der Waals surface area contributed by atoms with E-state index in [-0.39, 0.29) is 5.91 Å². The smallest absolute Gasteiger partial charge is 0.264 e. The summed E-state index contributed by atoms with van der Waals surface area (Å²) in [5.41, 5.74) is 2.35. The van der Waals surface area contributed by atoms with E-state index in [2.05, 4.69) is 17.0 Å². The third-order valence-electron chi connectivity index (χ3n) is 4.25. The Bertz CT molecular complexity index is 668. The molecule has 1 aromatic carbocycles. The lowest BCUT2D eigenvalue weighted by Gasteiger charge is -2.22. The first-order chi connectivity index (χ1) is 11.1. The molecule has 0 spiro atoms. The van der Waals surface area contributed by atoms with Gasteiger partial charge >= 0.3 is 0 Å². The van der Waals surface area contributed by atoms with Gasteiger partial charge in [0, 0.05) is 37.7 Å². The molecule has 3 rings (SSSR count). The van der Waals surface area contributed by atoms with E-state index in [1.54, 1.807) is 11.3 Å². The van der Waals surface area contributed by atoms with Crippen molar-refractivity contribution in [2.45, 2.75) is 19.9 Å².